The van der Waals surface area contributed by atoms with Gasteiger partial charge in [0.25, 0.3) is 0 Å². The standard InChI is InChI=1S/C17H24N2O8/c1-15(2)23-9-17(27-15)13(26-16(3)8-24-16)12(21-4)11(7-22-17)25-14(20)19-6-5-18-10-19/h5-6,10-13H,7-9H2,1-4H3/t11-,12-,13-,16?,17+/m1/s1. The molecule has 4 rings (SSSR count). The molecular formula is C17H24N2O8. The first kappa shape index (κ1) is 18.8. The number of carbonyl (C=O) groups excluding carboxylic acids is 1. The molecule has 0 aliphatic carbocycles. The molecule has 5 atom stereocenters. The molecule has 0 aromatic carbocycles. The molecule has 1 aromatic heterocycles. The van der Waals surface area contributed by atoms with Gasteiger partial charge in [-0.2, -0.15) is 0 Å². The second-order valence-corrected chi connectivity index (χ2v) is 7.47. The summed E-state index contributed by atoms with van der Waals surface area (Å²) < 4.78 is 41.8. The summed E-state index contributed by atoms with van der Waals surface area (Å²) in [6.45, 7) is 6.07. The molecule has 1 unspecified atom stereocenters. The van der Waals surface area contributed by atoms with E-state index >= 15 is 0 Å². The average Bonchev–Trinajstić information content (AvgIpc) is 3.01. The Bertz CT molecular complexity index is 689. The molecule has 150 valence electrons. The predicted octanol–water partition coefficient (Wildman–Crippen LogP) is 0.892. The maximum Gasteiger partial charge on any atom is 0.419 e. The smallest absolute Gasteiger partial charge is 0.419 e. The second-order valence-electron chi connectivity index (χ2n) is 7.47. The molecule has 0 amide bonds. The summed E-state index contributed by atoms with van der Waals surface area (Å²) in [4.78, 5) is 16.2. The van der Waals surface area contributed by atoms with Gasteiger partial charge in [0.2, 0.25) is 5.79 Å². The number of methoxy groups -OCH3 is 1. The zero-order valence-corrected chi connectivity index (χ0v) is 15.7. The van der Waals surface area contributed by atoms with Crippen LogP contribution in [0.2, 0.25) is 0 Å². The fourth-order valence-corrected chi connectivity index (χ4v) is 3.34. The zero-order valence-electron chi connectivity index (χ0n) is 15.7. The van der Waals surface area contributed by atoms with Crippen LogP contribution in [0.15, 0.2) is 18.7 Å². The van der Waals surface area contributed by atoms with E-state index in [1.165, 1.54) is 30.4 Å². The van der Waals surface area contributed by atoms with Crippen molar-refractivity contribution in [2.45, 2.75) is 56.4 Å². The number of rotatable bonds is 4. The van der Waals surface area contributed by atoms with Crippen molar-refractivity contribution in [1.29, 1.82) is 0 Å². The predicted molar refractivity (Wildman–Crippen MR) is 87.7 cm³/mol. The van der Waals surface area contributed by atoms with Crippen LogP contribution >= 0.6 is 0 Å². The van der Waals surface area contributed by atoms with Gasteiger partial charge in [0, 0.05) is 19.5 Å². The van der Waals surface area contributed by atoms with Gasteiger partial charge in [-0.05, 0) is 20.8 Å². The second kappa shape index (κ2) is 6.50. The van der Waals surface area contributed by atoms with E-state index in [9.17, 15) is 4.79 Å². The highest BCUT2D eigenvalue weighted by Gasteiger charge is 2.63. The quantitative estimate of drug-likeness (QED) is 0.700. The Kier molecular flexibility index (Phi) is 4.53. The third-order valence-corrected chi connectivity index (χ3v) is 4.80. The Morgan fingerprint density at radius 2 is 2.00 bits per heavy atom. The van der Waals surface area contributed by atoms with Gasteiger partial charge in [0.15, 0.2) is 17.7 Å². The summed E-state index contributed by atoms with van der Waals surface area (Å²) in [6.07, 6.45) is 1.67. The minimum absolute atomic E-state index is 0.0653. The number of imidazole rings is 1. The molecule has 3 fully saturated rings. The van der Waals surface area contributed by atoms with Gasteiger partial charge >= 0.3 is 6.09 Å². The van der Waals surface area contributed by atoms with Crippen LogP contribution in [0.1, 0.15) is 20.8 Å². The largest absolute Gasteiger partial charge is 0.440 e. The summed E-state index contributed by atoms with van der Waals surface area (Å²) in [5.74, 6) is -2.78. The highest BCUT2D eigenvalue weighted by molar-refractivity contribution is 5.70. The Morgan fingerprint density at radius 1 is 1.22 bits per heavy atom. The highest BCUT2D eigenvalue weighted by atomic mass is 16.9. The minimum atomic E-state index is -1.18. The van der Waals surface area contributed by atoms with Crippen LogP contribution < -0.4 is 0 Å². The third kappa shape index (κ3) is 3.60. The monoisotopic (exact) mass is 384 g/mol. The van der Waals surface area contributed by atoms with Crippen molar-refractivity contribution in [3.05, 3.63) is 18.7 Å². The van der Waals surface area contributed by atoms with Gasteiger partial charge in [-0.25, -0.2) is 14.3 Å². The number of hydrogen-bond donors (Lipinski definition) is 0. The number of nitrogens with zero attached hydrogens (tertiary/aromatic N) is 2. The summed E-state index contributed by atoms with van der Waals surface area (Å²) >= 11 is 0. The van der Waals surface area contributed by atoms with E-state index in [2.05, 4.69) is 4.98 Å². The Balaban J connectivity index is 1.57. The number of hydrogen-bond acceptors (Lipinski definition) is 9. The van der Waals surface area contributed by atoms with Crippen molar-refractivity contribution < 1.29 is 38.0 Å². The SMILES string of the molecule is CO[C@H]1[C@@H](OC2(C)CO2)[C@@]2(COC(C)(C)O2)OC[C@H]1OC(=O)n1ccnc1. The molecule has 4 heterocycles. The van der Waals surface area contributed by atoms with Crippen molar-refractivity contribution in [3.63, 3.8) is 0 Å². The van der Waals surface area contributed by atoms with Crippen molar-refractivity contribution in [2.75, 3.05) is 26.9 Å². The van der Waals surface area contributed by atoms with E-state index in [-0.39, 0.29) is 13.2 Å². The third-order valence-electron chi connectivity index (χ3n) is 4.80. The van der Waals surface area contributed by atoms with E-state index in [4.69, 9.17) is 33.2 Å². The van der Waals surface area contributed by atoms with E-state index < -0.39 is 41.8 Å². The van der Waals surface area contributed by atoms with Gasteiger partial charge in [0.05, 0.1) is 6.61 Å². The molecule has 0 radical (unpaired) electrons. The summed E-state index contributed by atoms with van der Waals surface area (Å²) in [7, 11) is 1.52. The lowest BCUT2D eigenvalue weighted by Crippen LogP contribution is -2.65. The molecule has 0 saturated carbocycles. The van der Waals surface area contributed by atoms with Gasteiger partial charge in [-0.15, -0.1) is 0 Å². The van der Waals surface area contributed by atoms with Gasteiger partial charge in [0.1, 0.15) is 31.7 Å². The summed E-state index contributed by atoms with van der Waals surface area (Å²) in [6, 6.07) is 0. The van der Waals surface area contributed by atoms with Crippen LogP contribution in [0.3, 0.4) is 0 Å². The minimum Gasteiger partial charge on any atom is -0.440 e. The average molecular weight is 384 g/mol. The van der Waals surface area contributed by atoms with Crippen LogP contribution in [-0.4, -0.2) is 78.2 Å². The van der Waals surface area contributed by atoms with E-state index in [1.807, 2.05) is 6.92 Å². The molecule has 0 N–H and O–H groups in total. The fourth-order valence-electron chi connectivity index (χ4n) is 3.34. The van der Waals surface area contributed by atoms with Crippen molar-refractivity contribution in [2.24, 2.45) is 0 Å². The van der Waals surface area contributed by atoms with Gasteiger partial charge in [-0.3, -0.25) is 0 Å². The first-order valence-corrected chi connectivity index (χ1v) is 8.77. The lowest BCUT2D eigenvalue weighted by atomic mass is 9.96. The lowest BCUT2D eigenvalue weighted by Gasteiger charge is -2.46. The highest BCUT2D eigenvalue weighted by Crippen LogP contribution is 2.44. The lowest BCUT2D eigenvalue weighted by molar-refractivity contribution is -0.359. The van der Waals surface area contributed by atoms with E-state index in [0.29, 0.717) is 6.61 Å². The van der Waals surface area contributed by atoms with E-state index in [0.717, 1.165) is 0 Å². The molecule has 10 heteroatoms. The molecule has 1 spiro atoms. The zero-order chi connectivity index (χ0) is 19.3. The van der Waals surface area contributed by atoms with Crippen molar-refractivity contribution in [1.82, 2.24) is 9.55 Å². The van der Waals surface area contributed by atoms with Crippen LogP contribution in [0.4, 0.5) is 4.79 Å². The van der Waals surface area contributed by atoms with Crippen molar-refractivity contribution >= 4 is 6.09 Å². The molecular weight excluding hydrogens is 360 g/mol. The fraction of sp³-hybridized carbons (Fsp3) is 0.765. The first-order chi connectivity index (χ1) is 12.8. The van der Waals surface area contributed by atoms with Crippen LogP contribution in [0, 0.1) is 0 Å². The van der Waals surface area contributed by atoms with Gasteiger partial charge < -0.3 is 33.2 Å². The number of epoxide rings is 1. The summed E-state index contributed by atoms with van der Waals surface area (Å²) in [5, 5.41) is 0. The van der Waals surface area contributed by atoms with Crippen molar-refractivity contribution in [3.8, 4) is 0 Å². The molecule has 10 nitrogen and oxygen atoms in total. The molecule has 3 aliphatic heterocycles. The van der Waals surface area contributed by atoms with Crippen LogP contribution in [0.5, 0.6) is 0 Å². The van der Waals surface area contributed by atoms with E-state index in [1.54, 1.807) is 13.8 Å². The number of carbonyl (C=O) groups is 1. The Hall–Kier alpha value is -1.56. The Morgan fingerprint density at radius 3 is 2.56 bits per heavy atom. The molecule has 1 aromatic rings. The van der Waals surface area contributed by atoms with Crippen LogP contribution in [-0.2, 0) is 33.2 Å². The first-order valence-electron chi connectivity index (χ1n) is 8.77. The molecule has 0 bridgehead atoms. The molecule has 3 aliphatic rings. The normalized spacial score (nSPS) is 40.2. The molecule has 27 heavy (non-hydrogen) atoms. The van der Waals surface area contributed by atoms with Crippen LogP contribution in [0.25, 0.3) is 0 Å². The number of ether oxygens (including phenoxy) is 7. The summed E-state index contributed by atoms with van der Waals surface area (Å²) in [5.41, 5.74) is 0. The molecule has 3 saturated heterocycles. The van der Waals surface area contributed by atoms with Gasteiger partial charge in [-0.1, -0.05) is 0 Å². The number of aromatic nitrogens is 2. The maximum absolute atomic E-state index is 12.3. The Labute approximate surface area is 156 Å². The maximum atomic E-state index is 12.3. The topological polar surface area (TPSA) is 103 Å².